The highest BCUT2D eigenvalue weighted by atomic mass is 16.3. The molecule has 0 aromatic carbocycles. The fraction of sp³-hybridized carbons (Fsp3) is 0.714. The third-order valence-corrected chi connectivity index (χ3v) is 4.01. The van der Waals surface area contributed by atoms with E-state index >= 15 is 0 Å². The zero-order chi connectivity index (χ0) is 14.2. The fourth-order valence-corrected chi connectivity index (χ4v) is 2.77. The number of carbonyl (C=O) groups excluding carboxylic acids is 1. The van der Waals surface area contributed by atoms with Crippen LogP contribution in [0.4, 0.5) is 0 Å². The van der Waals surface area contributed by atoms with Gasteiger partial charge in [-0.2, -0.15) is 5.10 Å². The molecule has 5 heteroatoms. The summed E-state index contributed by atoms with van der Waals surface area (Å²) in [4.78, 5) is 14.1. The first-order valence-electron chi connectivity index (χ1n) is 6.79. The number of piperidine rings is 1. The molecule has 0 saturated carbocycles. The summed E-state index contributed by atoms with van der Waals surface area (Å²) >= 11 is 0. The largest absolute Gasteiger partial charge is 0.388 e. The molecule has 1 N–H and O–H groups in total. The van der Waals surface area contributed by atoms with Gasteiger partial charge in [-0.25, -0.2) is 0 Å². The Morgan fingerprint density at radius 1 is 1.47 bits per heavy atom. The molecule has 1 fully saturated rings. The molecule has 0 bridgehead atoms. The molecule has 2 heterocycles. The van der Waals surface area contributed by atoms with Gasteiger partial charge < -0.3 is 10.0 Å². The quantitative estimate of drug-likeness (QED) is 0.866. The summed E-state index contributed by atoms with van der Waals surface area (Å²) in [5.74, 6) is 0.0826. The first-order chi connectivity index (χ1) is 8.80. The summed E-state index contributed by atoms with van der Waals surface area (Å²) in [6, 6.07) is 0. The van der Waals surface area contributed by atoms with E-state index in [0.29, 0.717) is 13.0 Å². The highest BCUT2D eigenvalue weighted by Gasteiger charge is 2.31. The number of amides is 1. The number of aliphatic hydroxyl groups is 1. The number of hydrogen-bond acceptors (Lipinski definition) is 3. The summed E-state index contributed by atoms with van der Waals surface area (Å²) < 4.78 is 1.81. The second-order valence-corrected chi connectivity index (χ2v) is 5.87. The second kappa shape index (κ2) is 4.96. The van der Waals surface area contributed by atoms with Crippen molar-refractivity contribution in [2.45, 2.75) is 45.6 Å². The van der Waals surface area contributed by atoms with E-state index in [4.69, 9.17) is 0 Å². The number of rotatable bonds is 2. The highest BCUT2D eigenvalue weighted by molar-refractivity contribution is 5.79. The van der Waals surface area contributed by atoms with E-state index in [1.807, 2.05) is 25.6 Å². The van der Waals surface area contributed by atoms with Gasteiger partial charge in [0.15, 0.2) is 0 Å². The van der Waals surface area contributed by atoms with Gasteiger partial charge >= 0.3 is 0 Å². The van der Waals surface area contributed by atoms with Crippen molar-refractivity contribution >= 4 is 5.91 Å². The molecule has 1 aromatic rings. The van der Waals surface area contributed by atoms with Crippen LogP contribution in [0.25, 0.3) is 0 Å². The van der Waals surface area contributed by atoms with Crippen molar-refractivity contribution in [1.82, 2.24) is 14.7 Å². The molecule has 0 spiro atoms. The van der Waals surface area contributed by atoms with E-state index in [-0.39, 0.29) is 5.91 Å². The van der Waals surface area contributed by atoms with Crippen molar-refractivity contribution in [1.29, 1.82) is 0 Å². The minimum absolute atomic E-state index is 0.0826. The Balaban J connectivity index is 2.09. The number of nitrogens with zero attached hydrogens (tertiary/aromatic N) is 3. The molecule has 19 heavy (non-hydrogen) atoms. The predicted molar refractivity (Wildman–Crippen MR) is 72.8 cm³/mol. The maximum absolute atomic E-state index is 12.3. The van der Waals surface area contributed by atoms with Crippen LogP contribution in [-0.4, -0.2) is 44.4 Å². The van der Waals surface area contributed by atoms with Crippen molar-refractivity contribution in [2.75, 3.05) is 13.1 Å². The van der Waals surface area contributed by atoms with E-state index in [1.54, 1.807) is 11.8 Å². The first-order valence-corrected chi connectivity index (χ1v) is 6.79. The topological polar surface area (TPSA) is 58.4 Å². The summed E-state index contributed by atoms with van der Waals surface area (Å²) in [6.45, 7) is 6.89. The van der Waals surface area contributed by atoms with Crippen LogP contribution >= 0.6 is 0 Å². The Morgan fingerprint density at radius 3 is 2.68 bits per heavy atom. The van der Waals surface area contributed by atoms with Crippen molar-refractivity contribution in [3.63, 3.8) is 0 Å². The molecule has 2 rings (SSSR count). The lowest BCUT2D eigenvalue weighted by Gasteiger charge is -2.36. The molecule has 0 aliphatic carbocycles. The fourth-order valence-electron chi connectivity index (χ4n) is 2.77. The van der Waals surface area contributed by atoms with Gasteiger partial charge in [-0.3, -0.25) is 9.48 Å². The van der Waals surface area contributed by atoms with Crippen LogP contribution in [0.15, 0.2) is 0 Å². The Morgan fingerprint density at radius 2 is 2.16 bits per heavy atom. The third-order valence-electron chi connectivity index (χ3n) is 4.01. The summed E-state index contributed by atoms with van der Waals surface area (Å²) in [5.41, 5.74) is 2.22. The molecular weight excluding hydrogens is 242 g/mol. The number of aromatic nitrogens is 2. The Bertz CT molecular complexity index is 491. The minimum Gasteiger partial charge on any atom is -0.388 e. The number of β-amino-alcohol motifs (C(OH)–C–C–N with tert-alkyl or cyclic N) is 1. The lowest BCUT2D eigenvalue weighted by Crippen LogP contribution is -2.49. The van der Waals surface area contributed by atoms with Gasteiger partial charge in [-0.05, 0) is 33.6 Å². The van der Waals surface area contributed by atoms with Gasteiger partial charge in [0, 0.05) is 31.4 Å². The number of hydrogen-bond donors (Lipinski definition) is 1. The molecule has 1 saturated heterocycles. The Labute approximate surface area is 114 Å². The molecule has 5 nitrogen and oxygen atoms in total. The van der Waals surface area contributed by atoms with E-state index in [2.05, 4.69) is 5.10 Å². The summed E-state index contributed by atoms with van der Waals surface area (Å²) in [5, 5.41) is 14.4. The van der Waals surface area contributed by atoms with Gasteiger partial charge in [-0.1, -0.05) is 0 Å². The predicted octanol–water partition coefficient (Wildman–Crippen LogP) is 0.953. The van der Waals surface area contributed by atoms with E-state index in [1.165, 1.54) is 0 Å². The van der Waals surface area contributed by atoms with Gasteiger partial charge in [0.05, 0.1) is 17.7 Å². The maximum atomic E-state index is 12.3. The smallest absolute Gasteiger partial charge is 0.227 e. The number of likely N-dealkylation sites (tertiary alicyclic amines) is 1. The lowest BCUT2D eigenvalue weighted by atomic mass is 9.94. The van der Waals surface area contributed by atoms with Gasteiger partial charge in [0.25, 0.3) is 0 Å². The molecule has 1 aliphatic heterocycles. The van der Waals surface area contributed by atoms with Crippen LogP contribution in [0.3, 0.4) is 0 Å². The number of carbonyl (C=O) groups is 1. The van der Waals surface area contributed by atoms with Crippen LogP contribution in [-0.2, 0) is 18.3 Å². The van der Waals surface area contributed by atoms with Crippen LogP contribution in [0, 0.1) is 13.8 Å². The molecule has 1 aromatic heterocycles. The SMILES string of the molecule is Cc1nn(C)c(C)c1CC(=O)N1CCCC(C)(O)C1. The monoisotopic (exact) mass is 265 g/mol. The van der Waals surface area contributed by atoms with E-state index in [0.717, 1.165) is 36.3 Å². The normalized spacial score (nSPS) is 23.7. The Hall–Kier alpha value is -1.36. The van der Waals surface area contributed by atoms with Crippen LogP contribution in [0.1, 0.15) is 36.7 Å². The highest BCUT2D eigenvalue weighted by Crippen LogP contribution is 2.22. The zero-order valence-electron chi connectivity index (χ0n) is 12.2. The Kier molecular flexibility index (Phi) is 3.67. The van der Waals surface area contributed by atoms with Gasteiger partial charge in [0.1, 0.15) is 0 Å². The summed E-state index contributed by atoms with van der Waals surface area (Å²) in [6.07, 6.45) is 2.01. The van der Waals surface area contributed by atoms with Crippen molar-refractivity contribution < 1.29 is 9.90 Å². The maximum Gasteiger partial charge on any atom is 0.227 e. The average molecular weight is 265 g/mol. The van der Waals surface area contributed by atoms with Crippen molar-refractivity contribution in [2.24, 2.45) is 7.05 Å². The second-order valence-electron chi connectivity index (χ2n) is 5.87. The molecule has 1 amide bonds. The zero-order valence-corrected chi connectivity index (χ0v) is 12.2. The number of aryl methyl sites for hydroxylation is 2. The van der Waals surface area contributed by atoms with Crippen LogP contribution in [0.5, 0.6) is 0 Å². The van der Waals surface area contributed by atoms with Crippen molar-refractivity contribution in [3.8, 4) is 0 Å². The minimum atomic E-state index is -0.743. The molecule has 1 atom stereocenters. The van der Waals surface area contributed by atoms with E-state index < -0.39 is 5.60 Å². The molecular formula is C14H23N3O2. The average Bonchev–Trinajstić information content (AvgIpc) is 2.54. The third kappa shape index (κ3) is 2.97. The molecule has 0 radical (unpaired) electrons. The summed E-state index contributed by atoms with van der Waals surface area (Å²) in [7, 11) is 1.89. The first kappa shape index (κ1) is 14.1. The molecule has 1 unspecified atom stereocenters. The lowest BCUT2D eigenvalue weighted by molar-refractivity contribution is -0.136. The molecule has 1 aliphatic rings. The van der Waals surface area contributed by atoms with Crippen LogP contribution in [0.2, 0.25) is 0 Å². The standard InChI is InChI=1S/C14H23N3O2/c1-10-12(11(2)16(4)15-10)8-13(18)17-7-5-6-14(3,19)9-17/h19H,5-9H2,1-4H3. The van der Waals surface area contributed by atoms with Crippen molar-refractivity contribution in [3.05, 3.63) is 17.0 Å². The van der Waals surface area contributed by atoms with E-state index in [9.17, 15) is 9.90 Å². The van der Waals surface area contributed by atoms with Crippen LogP contribution < -0.4 is 0 Å². The van der Waals surface area contributed by atoms with Gasteiger partial charge in [-0.15, -0.1) is 0 Å². The van der Waals surface area contributed by atoms with Gasteiger partial charge in [0.2, 0.25) is 5.91 Å². The molecule has 106 valence electrons.